The normalized spacial score (nSPS) is 29.0. The lowest BCUT2D eigenvalue weighted by molar-refractivity contribution is -0.144. The summed E-state index contributed by atoms with van der Waals surface area (Å²) in [7, 11) is 0. The van der Waals surface area contributed by atoms with Crippen molar-refractivity contribution in [3.63, 3.8) is 0 Å². The summed E-state index contributed by atoms with van der Waals surface area (Å²) in [6.07, 6.45) is 3.33. The van der Waals surface area contributed by atoms with Gasteiger partial charge in [-0.2, -0.15) is 0 Å². The highest BCUT2D eigenvalue weighted by Gasteiger charge is 2.48. The number of esters is 1. The zero-order chi connectivity index (χ0) is 16.4. The number of fused-ring (bicyclic) bond motifs is 3. The van der Waals surface area contributed by atoms with Crippen LogP contribution in [-0.4, -0.2) is 42.3 Å². The minimum Gasteiger partial charge on any atom is -0.458 e. The number of hydrogen-bond acceptors (Lipinski definition) is 5. The van der Waals surface area contributed by atoms with E-state index in [1.165, 1.54) is 12.5 Å². The molecule has 1 fully saturated rings. The van der Waals surface area contributed by atoms with Crippen molar-refractivity contribution < 1.29 is 23.8 Å². The maximum Gasteiger partial charge on any atom is 0.303 e. The van der Waals surface area contributed by atoms with Crippen LogP contribution in [0.25, 0.3) is 0 Å². The van der Waals surface area contributed by atoms with Crippen molar-refractivity contribution in [2.75, 3.05) is 13.3 Å². The Labute approximate surface area is 139 Å². The Bertz CT molecular complexity index is 799. The van der Waals surface area contributed by atoms with Crippen LogP contribution in [0.15, 0.2) is 23.8 Å². The van der Waals surface area contributed by atoms with Crippen LogP contribution in [0.1, 0.15) is 41.6 Å². The molecule has 4 aliphatic rings. The number of nitrogens with zero attached hydrogens (tertiary/aromatic N) is 1. The fraction of sp³-hybridized carbons (Fsp3) is 0.444. The van der Waals surface area contributed by atoms with Crippen LogP contribution in [0.3, 0.4) is 0 Å². The van der Waals surface area contributed by atoms with E-state index < -0.39 is 0 Å². The second-order valence-corrected chi connectivity index (χ2v) is 6.72. The molecule has 3 atom stereocenters. The maximum absolute atomic E-state index is 12.9. The Balaban J connectivity index is 1.63. The summed E-state index contributed by atoms with van der Waals surface area (Å²) in [4.78, 5) is 26.2. The van der Waals surface area contributed by atoms with Gasteiger partial charge in [0.05, 0.1) is 6.04 Å². The molecule has 0 saturated carbocycles. The van der Waals surface area contributed by atoms with Gasteiger partial charge in [-0.15, -0.1) is 0 Å². The summed E-state index contributed by atoms with van der Waals surface area (Å²) in [6.45, 7) is 2.33. The zero-order valence-corrected chi connectivity index (χ0v) is 13.3. The first kappa shape index (κ1) is 13.9. The van der Waals surface area contributed by atoms with Gasteiger partial charge in [0.25, 0.3) is 5.91 Å². The lowest BCUT2D eigenvalue weighted by atomic mass is 9.74. The SMILES string of the molecule is CC(=O)O[C@H]1C=C2CCN3C(=O)c4cc5c(cc4[C@H](C1)C23)OCO5. The number of carbonyl (C=O) groups is 2. The van der Waals surface area contributed by atoms with Gasteiger partial charge in [-0.1, -0.05) is 0 Å². The summed E-state index contributed by atoms with van der Waals surface area (Å²) in [5.74, 6) is 1.22. The van der Waals surface area contributed by atoms with E-state index in [2.05, 4.69) is 0 Å². The summed E-state index contributed by atoms with van der Waals surface area (Å²) in [5.41, 5.74) is 2.87. The molecule has 1 unspecified atom stereocenters. The first-order valence-corrected chi connectivity index (χ1v) is 8.24. The molecule has 0 N–H and O–H groups in total. The van der Waals surface area contributed by atoms with Crippen LogP contribution in [0, 0.1) is 0 Å². The van der Waals surface area contributed by atoms with Gasteiger partial charge in [-0.3, -0.25) is 9.59 Å². The molecule has 0 radical (unpaired) electrons. The highest BCUT2D eigenvalue weighted by molar-refractivity contribution is 5.99. The van der Waals surface area contributed by atoms with Crippen molar-refractivity contribution in [3.8, 4) is 11.5 Å². The first-order valence-electron chi connectivity index (χ1n) is 8.24. The Hall–Kier alpha value is -2.50. The fourth-order valence-corrected chi connectivity index (χ4v) is 4.50. The smallest absolute Gasteiger partial charge is 0.303 e. The molecule has 6 heteroatoms. The molecular weight excluding hydrogens is 310 g/mol. The quantitative estimate of drug-likeness (QED) is 0.583. The van der Waals surface area contributed by atoms with Crippen LogP contribution < -0.4 is 9.47 Å². The van der Waals surface area contributed by atoms with Gasteiger partial charge in [0.2, 0.25) is 6.79 Å². The van der Waals surface area contributed by atoms with Crippen molar-refractivity contribution >= 4 is 11.9 Å². The average molecular weight is 327 g/mol. The standard InChI is InChI=1S/C18H17NO5/c1-9(20)24-11-4-10-2-3-19-17(10)13(5-11)12-6-15-16(23-8-22-15)7-14(12)18(19)21/h4,6-7,11,13,17H,2-3,5,8H2,1H3/t11-,13-,17?/m0/s1. The Morgan fingerprint density at radius 2 is 2.08 bits per heavy atom. The van der Waals surface area contributed by atoms with E-state index in [4.69, 9.17) is 14.2 Å². The average Bonchev–Trinajstić information content (AvgIpc) is 3.17. The van der Waals surface area contributed by atoms with Crippen LogP contribution in [0.2, 0.25) is 0 Å². The summed E-state index contributed by atoms with van der Waals surface area (Å²) in [5, 5.41) is 0. The van der Waals surface area contributed by atoms with Crippen LogP contribution in [0.5, 0.6) is 11.5 Å². The summed E-state index contributed by atoms with van der Waals surface area (Å²) in [6, 6.07) is 3.81. The lowest BCUT2D eigenvalue weighted by Gasteiger charge is -2.42. The van der Waals surface area contributed by atoms with Gasteiger partial charge in [-0.25, -0.2) is 0 Å². The third-order valence-corrected chi connectivity index (χ3v) is 5.38. The number of benzene rings is 1. The zero-order valence-electron chi connectivity index (χ0n) is 13.3. The molecule has 1 aromatic carbocycles. The van der Waals surface area contributed by atoms with Crippen molar-refractivity contribution in [1.82, 2.24) is 4.90 Å². The number of hydrogen-bond donors (Lipinski definition) is 0. The van der Waals surface area contributed by atoms with E-state index in [1.54, 1.807) is 6.07 Å². The molecule has 3 heterocycles. The number of rotatable bonds is 1. The molecule has 0 bridgehead atoms. The molecule has 1 aromatic rings. The largest absolute Gasteiger partial charge is 0.458 e. The molecular formula is C18H17NO5. The second-order valence-electron chi connectivity index (χ2n) is 6.72. The van der Waals surface area contributed by atoms with E-state index in [9.17, 15) is 9.59 Å². The van der Waals surface area contributed by atoms with Crippen LogP contribution in [0.4, 0.5) is 0 Å². The second kappa shape index (κ2) is 4.75. The van der Waals surface area contributed by atoms with E-state index in [0.717, 1.165) is 12.0 Å². The Kier molecular flexibility index (Phi) is 2.75. The third-order valence-electron chi connectivity index (χ3n) is 5.38. The van der Waals surface area contributed by atoms with Crippen LogP contribution >= 0.6 is 0 Å². The van der Waals surface area contributed by atoms with Crippen LogP contribution in [-0.2, 0) is 9.53 Å². The minimum atomic E-state index is -0.275. The monoisotopic (exact) mass is 327 g/mol. The predicted octanol–water partition coefficient (Wildman–Crippen LogP) is 1.99. The highest BCUT2D eigenvalue weighted by Crippen LogP contribution is 2.49. The van der Waals surface area contributed by atoms with Gasteiger partial charge in [-0.05, 0) is 42.2 Å². The van der Waals surface area contributed by atoms with Gasteiger partial charge >= 0.3 is 5.97 Å². The van der Waals surface area contributed by atoms with E-state index >= 15 is 0 Å². The van der Waals surface area contributed by atoms with Gasteiger partial charge in [0.15, 0.2) is 11.5 Å². The van der Waals surface area contributed by atoms with E-state index in [0.29, 0.717) is 30.0 Å². The van der Waals surface area contributed by atoms with Crippen molar-refractivity contribution in [2.24, 2.45) is 0 Å². The first-order chi connectivity index (χ1) is 11.6. The fourth-order valence-electron chi connectivity index (χ4n) is 4.50. The third kappa shape index (κ3) is 1.82. The number of amides is 1. The maximum atomic E-state index is 12.9. The molecule has 124 valence electrons. The highest BCUT2D eigenvalue weighted by atomic mass is 16.7. The molecule has 0 aromatic heterocycles. The molecule has 1 aliphatic carbocycles. The van der Waals surface area contributed by atoms with Crippen molar-refractivity contribution in [3.05, 3.63) is 34.9 Å². The number of carbonyl (C=O) groups excluding carboxylic acids is 2. The van der Waals surface area contributed by atoms with Gasteiger partial charge in [0, 0.05) is 24.9 Å². The Morgan fingerprint density at radius 1 is 1.29 bits per heavy atom. The predicted molar refractivity (Wildman–Crippen MR) is 83.0 cm³/mol. The summed E-state index contributed by atoms with van der Waals surface area (Å²) < 4.78 is 16.4. The van der Waals surface area contributed by atoms with E-state index in [1.807, 2.05) is 17.0 Å². The molecule has 1 amide bonds. The van der Waals surface area contributed by atoms with Gasteiger partial charge < -0.3 is 19.1 Å². The molecule has 3 aliphatic heterocycles. The lowest BCUT2D eigenvalue weighted by Crippen LogP contribution is -2.47. The van der Waals surface area contributed by atoms with Crippen molar-refractivity contribution in [1.29, 1.82) is 0 Å². The van der Waals surface area contributed by atoms with Gasteiger partial charge in [0.1, 0.15) is 6.10 Å². The topological polar surface area (TPSA) is 65.1 Å². The number of ether oxygens (including phenoxy) is 3. The Morgan fingerprint density at radius 3 is 2.88 bits per heavy atom. The van der Waals surface area contributed by atoms with E-state index in [-0.39, 0.29) is 36.7 Å². The molecule has 5 rings (SSSR count). The molecule has 0 spiro atoms. The molecule has 1 saturated heterocycles. The molecule has 24 heavy (non-hydrogen) atoms. The summed E-state index contributed by atoms with van der Waals surface area (Å²) >= 11 is 0. The molecule has 6 nitrogen and oxygen atoms in total. The minimum absolute atomic E-state index is 0.0545. The van der Waals surface area contributed by atoms with Crippen molar-refractivity contribution in [2.45, 2.75) is 37.8 Å².